The van der Waals surface area contributed by atoms with Gasteiger partial charge in [-0.2, -0.15) is 0 Å². The van der Waals surface area contributed by atoms with Gasteiger partial charge in [-0.05, 0) is 19.3 Å². The van der Waals surface area contributed by atoms with Crippen molar-refractivity contribution in [1.82, 2.24) is 0 Å². The molecule has 0 radical (unpaired) electrons. The fourth-order valence-electron chi connectivity index (χ4n) is 2.93. The van der Waals surface area contributed by atoms with Crippen LogP contribution in [0.15, 0.2) is 12.2 Å². The van der Waals surface area contributed by atoms with Gasteiger partial charge in [-0.25, -0.2) is 16.3 Å². The van der Waals surface area contributed by atoms with Crippen LogP contribution in [0.5, 0.6) is 0 Å². The van der Waals surface area contributed by atoms with Crippen molar-refractivity contribution in [2.24, 2.45) is 11.3 Å². The third-order valence-electron chi connectivity index (χ3n) is 4.01. The molecular formula is C13H17NO5S. The fourth-order valence-corrected chi connectivity index (χ4v) is 3.75. The van der Waals surface area contributed by atoms with E-state index < -0.39 is 10.8 Å². The van der Waals surface area contributed by atoms with Gasteiger partial charge in [0.05, 0.1) is 13.7 Å². The van der Waals surface area contributed by atoms with Crippen LogP contribution in [0, 0.1) is 17.9 Å². The summed E-state index contributed by atoms with van der Waals surface area (Å²) in [5.41, 5.74) is 0.154. The Balaban J connectivity index is 1.98. The molecule has 0 heterocycles. The maximum Gasteiger partial charge on any atom is 0.333 e. The molecule has 7 heteroatoms. The molecule has 0 spiro atoms. The van der Waals surface area contributed by atoms with Gasteiger partial charge in [0.2, 0.25) is 0 Å². The monoisotopic (exact) mass is 299 g/mol. The van der Waals surface area contributed by atoms with Crippen LogP contribution in [-0.2, 0) is 23.8 Å². The maximum absolute atomic E-state index is 11.6. The zero-order valence-electron chi connectivity index (χ0n) is 11.5. The van der Waals surface area contributed by atoms with Crippen molar-refractivity contribution in [1.29, 1.82) is 0 Å². The maximum atomic E-state index is 11.6. The van der Waals surface area contributed by atoms with Gasteiger partial charge in [0.15, 0.2) is 0 Å². The number of esters is 1. The topological polar surface area (TPSA) is 58.3 Å². The minimum atomic E-state index is -0.753. The van der Waals surface area contributed by atoms with Crippen LogP contribution in [0.25, 0.3) is 4.85 Å². The molecular weight excluding hydrogens is 282 g/mol. The first-order chi connectivity index (χ1) is 9.53. The average molecular weight is 299 g/mol. The lowest BCUT2D eigenvalue weighted by Gasteiger charge is -2.19. The summed E-state index contributed by atoms with van der Waals surface area (Å²) < 4.78 is 9.60. The summed E-state index contributed by atoms with van der Waals surface area (Å²) in [5, 5.41) is 4.49. The van der Waals surface area contributed by atoms with Gasteiger partial charge < -0.3 is 4.74 Å². The van der Waals surface area contributed by atoms with Gasteiger partial charge in [-0.1, -0.05) is 11.6 Å². The van der Waals surface area contributed by atoms with E-state index in [1.54, 1.807) is 6.92 Å². The SMILES string of the molecule is [C-]#[N+]C1(SOOOCC)CC2CC2(C(=C)C(=O)OC)C1. The Morgan fingerprint density at radius 3 is 2.90 bits per heavy atom. The number of hydrogen-bond acceptors (Lipinski definition) is 6. The fraction of sp³-hybridized carbons (Fsp3) is 0.692. The zero-order chi connectivity index (χ0) is 14.8. The normalized spacial score (nSPS) is 34.1. The van der Waals surface area contributed by atoms with E-state index in [4.69, 9.17) is 15.6 Å². The Bertz CT molecular complexity index is 462. The second-order valence-electron chi connectivity index (χ2n) is 5.09. The van der Waals surface area contributed by atoms with E-state index in [0.717, 1.165) is 18.5 Å². The lowest BCUT2D eigenvalue weighted by Crippen LogP contribution is -2.22. The Morgan fingerprint density at radius 2 is 2.30 bits per heavy atom. The third-order valence-corrected chi connectivity index (χ3v) is 4.84. The molecule has 0 aromatic carbocycles. The molecule has 0 aromatic rings. The highest BCUT2D eigenvalue weighted by Gasteiger charge is 2.72. The van der Waals surface area contributed by atoms with Crippen LogP contribution in [0.2, 0.25) is 0 Å². The van der Waals surface area contributed by atoms with Gasteiger partial charge in [0.1, 0.15) is 12.0 Å². The Morgan fingerprint density at radius 1 is 1.55 bits per heavy atom. The van der Waals surface area contributed by atoms with Crippen molar-refractivity contribution in [3.05, 3.63) is 23.6 Å². The number of methoxy groups -OCH3 is 1. The van der Waals surface area contributed by atoms with E-state index in [-0.39, 0.29) is 11.3 Å². The summed E-state index contributed by atoms with van der Waals surface area (Å²) in [6.07, 6.45) is 2.04. The zero-order valence-corrected chi connectivity index (χ0v) is 12.3. The van der Waals surface area contributed by atoms with Crippen LogP contribution >= 0.6 is 12.0 Å². The van der Waals surface area contributed by atoms with Crippen molar-refractivity contribution in [3.8, 4) is 0 Å². The highest BCUT2D eigenvalue weighted by atomic mass is 32.2. The second kappa shape index (κ2) is 5.74. The molecule has 6 nitrogen and oxygen atoms in total. The van der Waals surface area contributed by atoms with Gasteiger partial charge in [0.25, 0.3) is 0 Å². The number of hydrogen-bond donors (Lipinski definition) is 0. The van der Waals surface area contributed by atoms with E-state index in [2.05, 4.69) is 21.3 Å². The molecule has 0 aliphatic heterocycles. The molecule has 2 fully saturated rings. The lowest BCUT2D eigenvalue weighted by molar-refractivity contribution is -0.458. The summed E-state index contributed by atoms with van der Waals surface area (Å²) in [4.78, 5) is 19.2. The predicted molar refractivity (Wildman–Crippen MR) is 71.7 cm³/mol. The number of fused-ring (bicyclic) bond motifs is 1. The first-order valence-electron chi connectivity index (χ1n) is 6.34. The number of rotatable bonds is 7. The quantitative estimate of drug-likeness (QED) is 0.137. The van der Waals surface area contributed by atoms with Crippen molar-refractivity contribution >= 4 is 18.0 Å². The van der Waals surface area contributed by atoms with E-state index in [1.807, 2.05) is 0 Å². The summed E-state index contributed by atoms with van der Waals surface area (Å²) >= 11 is 0.946. The van der Waals surface area contributed by atoms with Crippen LogP contribution in [-0.4, -0.2) is 24.6 Å². The standard InChI is InChI=1S/C13H17NO5S/c1-5-17-18-19-20-13(14-3)7-10-6-12(10,8-13)9(2)11(15)16-4/h10H,2,5-8H2,1,4H3. The Hall–Kier alpha value is -1.07. The molecule has 0 saturated heterocycles. The largest absolute Gasteiger partial charge is 0.466 e. The van der Waals surface area contributed by atoms with Crippen LogP contribution < -0.4 is 0 Å². The van der Waals surface area contributed by atoms with Crippen molar-refractivity contribution in [2.45, 2.75) is 31.1 Å². The minimum absolute atomic E-state index is 0.284. The molecule has 0 N–H and O–H groups in total. The van der Waals surface area contributed by atoms with E-state index in [0.29, 0.717) is 25.0 Å². The molecule has 20 heavy (non-hydrogen) atoms. The van der Waals surface area contributed by atoms with Crippen molar-refractivity contribution in [3.63, 3.8) is 0 Å². The lowest BCUT2D eigenvalue weighted by atomic mass is 9.93. The average Bonchev–Trinajstić information content (AvgIpc) is 3.05. The molecule has 3 unspecified atom stereocenters. The van der Waals surface area contributed by atoms with Crippen molar-refractivity contribution in [2.75, 3.05) is 13.7 Å². The van der Waals surface area contributed by atoms with Crippen molar-refractivity contribution < 1.29 is 23.8 Å². The Labute approximate surface area is 122 Å². The smallest absolute Gasteiger partial charge is 0.333 e. The molecule has 0 bridgehead atoms. The van der Waals surface area contributed by atoms with E-state index >= 15 is 0 Å². The summed E-state index contributed by atoms with van der Waals surface area (Å²) in [6.45, 7) is 13.4. The van der Waals surface area contributed by atoms with Gasteiger partial charge >= 0.3 is 10.8 Å². The van der Waals surface area contributed by atoms with Gasteiger partial charge in [-0.15, -0.1) is 4.33 Å². The molecule has 0 aromatic heterocycles. The molecule has 0 amide bonds. The number of carbonyl (C=O) groups is 1. The minimum Gasteiger partial charge on any atom is -0.466 e. The van der Waals surface area contributed by atoms with Gasteiger partial charge in [-0.3, -0.25) is 4.85 Å². The first kappa shape index (κ1) is 15.3. The van der Waals surface area contributed by atoms with Crippen LogP contribution in [0.4, 0.5) is 0 Å². The van der Waals surface area contributed by atoms with E-state index in [1.165, 1.54) is 7.11 Å². The summed E-state index contributed by atoms with van der Waals surface area (Å²) in [6, 6.07) is 0. The molecule has 3 atom stereocenters. The van der Waals surface area contributed by atoms with Crippen LogP contribution in [0.1, 0.15) is 26.2 Å². The summed E-state index contributed by atoms with van der Waals surface area (Å²) in [5.74, 6) is -0.115. The summed E-state index contributed by atoms with van der Waals surface area (Å²) in [7, 11) is 1.34. The third kappa shape index (κ3) is 2.56. The number of carbonyl (C=O) groups excluding carboxylic acids is 1. The highest BCUT2D eigenvalue weighted by molar-refractivity contribution is 7.96. The van der Waals surface area contributed by atoms with Crippen LogP contribution in [0.3, 0.4) is 0 Å². The number of nitrogens with zero attached hydrogens (tertiary/aromatic N) is 1. The molecule has 2 saturated carbocycles. The Kier molecular flexibility index (Phi) is 4.39. The number of ether oxygens (including phenoxy) is 1. The van der Waals surface area contributed by atoms with E-state index in [9.17, 15) is 4.79 Å². The second-order valence-corrected chi connectivity index (χ2v) is 6.15. The highest BCUT2D eigenvalue weighted by Crippen LogP contribution is 2.72. The first-order valence-corrected chi connectivity index (χ1v) is 7.08. The molecule has 2 rings (SSSR count). The molecule has 2 aliphatic carbocycles. The molecule has 2 aliphatic rings. The molecule has 110 valence electrons. The predicted octanol–water partition coefficient (Wildman–Crippen LogP) is 2.68. The van der Waals surface area contributed by atoms with Gasteiger partial charge in [0, 0.05) is 23.8 Å².